The fourth-order valence-corrected chi connectivity index (χ4v) is 0.920. The molecule has 0 heterocycles. The number of ether oxygens (including phenoxy) is 1. The zero-order chi connectivity index (χ0) is 13.0. The molecule has 0 aromatic rings. The second-order valence-electron chi connectivity index (χ2n) is 2.56. The first-order chi connectivity index (χ1) is 7.19. The van der Waals surface area contributed by atoms with E-state index in [2.05, 4.69) is 4.74 Å². The summed E-state index contributed by atoms with van der Waals surface area (Å²) in [5.74, 6) is -3.80. The second-order valence-corrected chi connectivity index (χ2v) is 3.39. The smallest absolute Gasteiger partial charge is 0.437 e. The summed E-state index contributed by atoms with van der Waals surface area (Å²) in [5, 5.41) is 1.26. The number of hydrogen-bond donors (Lipinski definition) is 1. The summed E-state index contributed by atoms with van der Waals surface area (Å²) in [4.78, 5) is 18.2. The molecule has 0 unspecified atom stereocenters. The Kier molecular flexibility index (Phi) is 5.34. The predicted octanol–water partition coefficient (Wildman–Crippen LogP) is 1.40. The Morgan fingerprint density at radius 1 is 1.38 bits per heavy atom. The third-order valence-electron chi connectivity index (χ3n) is 1.38. The third-order valence-corrected chi connectivity index (χ3v) is 2.09. The molecule has 0 fully saturated rings. The monoisotopic (exact) mass is 281 g/mol. The molecule has 1 N–H and O–H groups in total. The van der Waals surface area contributed by atoms with Crippen molar-refractivity contribution in [2.24, 2.45) is 0 Å². The van der Waals surface area contributed by atoms with Crippen molar-refractivity contribution < 1.29 is 27.5 Å². The van der Waals surface area contributed by atoms with Gasteiger partial charge in [0.2, 0.25) is 5.91 Å². The first kappa shape index (κ1) is 15.3. The fraction of sp³-hybridized carbons (Fsp3) is 0.714. The van der Waals surface area contributed by atoms with Crippen LogP contribution in [0.5, 0.6) is 0 Å². The number of alkyl halides is 5. The molecule has 94 valence electrons. The molecule has 0 spiro atoms. The first-order valence-corrected chi connectivity index (χ1v) is 4.90. The van der Waals surface area contributed by atoms with Gasteiger partial charge in [0.25, 0.3) is 0 Å². The van der Waals surface area contributed by atoms with E-state index < -0.39 is 28.9 Å². The van der Waals surface area contributed by atoms with Gasteiger partial charge in [-0.1, -0.05) is 11.6 Å². The lowest BCUT2D eigenvalue weighted by atomic mass is 10.2. The predicted molar refractivity (Wildman–Crippen MR) is 50.1 cm³/mol. The molecule has 0 saturated carbocycles. The van der Waals surface area contributed by atoms with Gasteiger partial charge in [0.15, 0.2) is 0 Å². The molecule has 0 aromatic carbocycles. The van der Waals surface area contributed by atoms with Crippen LogP contribution in [0, 0.1) is 0 Å². The van der Waals surface area contributed by atoms with Gasteiger partial charge in [0.05, 0.1) is 6.61 Å². The number of nitrogens with one attached hydrogen (secondary N) is 1. The molecule has 0 bridgehead atoms. The highest BCUT2D eigenvalue weighted by Gasteiger charge is 2.62. The van der Waals surface area contributed by atoms with Crippen molar-refractivity contribution in [3.05, 3.63) is 0 Å². The number of halogens is 5. The summed E-state index contributed by atoms with van der Waals surface area (Å²) in [6, 6.07) is 0. The van der Waals surface area contributed by atoms with E-state index in [1.165, 1.54) is 12.2 Å². The van der Waals surface area contributed by atoms with E-state index in [4.69, 9.17) is 23.2 Å². The van der Waals surface area contributed by atoms with Crippen LogP contribution in [0.2, 0.25) is 0 Å². The van der Waals surface area contributed by atoms with E-state index in [0.29, 0.717) is 0 Å². The molecule has 9 heteroatoms. The summed E-state index contributed by atoms with van der Waals surface area (Å²) in [6.45, 7) is 0.995. The van der Waals surface area contributed by atoms with Crippen molar-refractivity contribution in [3.63, 3.8) is 0 Å². The highest BCUT2D eigenvalue weighted by atomic mass is 35.5. The molecular formula is C7H8Cl2F3NO3. The molecule has 16 heavy (non-hydrogen) atoms. The maximum Gasteiger partial charge on any atom is 0.437 e. The van der Waals surface area contributed by atoms with Crippen molar-refractivity contribution in [2.45, 2.75) is 18.1 Å². The molecule has 0 aliphatic rings. The van der Waals surface area contributed by atoms with Gasteiger partial charge >= 0.3 is 17.1 Å². The van der Waals surface area contributed by atoms with Gasteiger partial charge in [-0.2, -0.15) is 13.2 Å². The molecule has 4 nitrogen and oxygen atoms in total. The van der Waals surface area contributed by atoms with Gasteiger partial charge < -0.3 is 10.1 Å². The van der Waals surface area contributed by atoms with Crippen LogP contribution < -0.4 is 5.32 Å². The fourth-order valence-electron chi connectivity index (χ4n) is 0.694. The van der Waals surface area contributed by atoms with E-state index in [9.17, 15) is 22.8 Å². The van der Waals surface area contributed by atoms with E-state index >= 15 is 0 Å². The van der Waals surface area contributed by atoms with Gasteiger partial charge in [-0.05, 0) is 6.92 Å². The molecule has 1 atom stereocenters. The average Bonchev–Trinajstić information content (AvgIpc) is 2.16. The van der Waals surface area contributed by atoms with Gasteiger partial charge in [-0.15, -0.1) is 11.6 Å². The summed E-state index contributed by atoms with van der Waals surface area (Å²) >= 11 is 10.0. The molecule has 0 saturated heterocycles. The Morgan fingerprint density at radius 3 is 2.19 bits per heavy atom. The van der Waals surface area contributed by atoms with Crippen molar-refractivity contribution in [1.29, 1.82) is 0 Å². The van der Waals surface area contributed by atoms with Crippen LogP contribution in [0.15, 0.2) is 0 Å². The lowest BCUT2D eigenvalue weighted by Gasteiger charge is -2.27. The number of carbonyl (C=O) groups excluding carboxylic acids is 2. The Labute approximate surface area is 99.0 Å². The molecule has 0 aliphatic heterocycles. The van der Waals surface area contributed by atoms with E-state index in [-0.39, 0.29) is 6.61 Å². The number of amides is 1. The minimum atomic E-state index is -5.19. The molecule has 0 radical (unpaired) electrons. The average molecular weight is 282 g/mol. The summed E-state index contributed by atoms with van der Waals surface area (Å²) in [6.07, 6.45) is -5.19. The number of carbonyl (C=O) groups is 2. The highest BCUT2D eigenvalue weighted by Crippen LogP contribution is 2.35. The Morgan fingerprint density at radius 2 is 1.88 bits per heavy atom. The van der Waals surface area contributed by atoms with Crippen molar-refractivity contribution >= 4 is 35.1 Å². The van der Waals surface area contributed by atoms with Gasteiger partial charge in [0.1, 0.15) is 5.88 Å². The normalized spacial score (nSPS) is 15.1. The Hall–Kier alpha value is -0.690. The van der Waals surface area contributed by atoms with E-state index in [1.54, 1.807) is 0 Å². The van der Waals surface area contributed by atoms with Crippen LogP contribution in [0.3, 0.4) is 0 Å². The molecular weight excluding hydrogens is 274 g/mol. The summed E-state index contributed by atoms with van der Waals surface area (Å²) in [5.41, 5.74) is 0. The van der Waals surface area contributed by atoms with Gasteiger partial charge in [-0.3, -0.25) is 4.79 Å². The quantitative estimate of drug-likeness (QED) is 0.482. The lowest BCUT2D eigenvalue weighted by molar-refractivity contribution is -0.195. The third kappa shape index (κ3) is 3.41. The molecule has 1 amide bonds. The van der Waals surface area contributed by atoms with Gasteiger partial charge in [0, 0.05) is 0 Å². The standard InChI is InChI=1S/C7H8Cl2F3NO3/c1-2-16-5(15)6(9,7(10,11)12)13-4(14)3-8/h2-3H2,1H3,(H,13,14)/t6-/m1/s1. The maximum absolute atomic E-state index is 12.5. The molecule has 0 rings (SSSR count). The van der Waals surface area contributed by atoms with Crippen molar-refractivity contribution in [3.8, 4) is 0 Å². The van der Waals surface area contributed by atoms with Crippen LogP contribution in [0.4, 0.5) is 13.2 Å². The van der Waals surface area contributed by atoms with Crippen LogP contribution in [0.25, 0.3) is 0 Å². The summed E-state index contributed by atoms with van der Waals surface area (Å²) in [7, 11) is 0. The number of esters is 1. The second kappa shape index (κ2) is 5.58. The maximum atomic E-state index is 12.5. The van der Waals surface area contributed by atoms with Crippen LogP contribution >= 0.6 is 23.2 Å². The minimum Gasteiger partial charge on any atom is -0.463 e. The van der Waals surface area contributed by atoms with E-state index in [1.807, 2.05) is 0 Å². The SMILES string of the molecule is CCOC(=O)[C@@](Cl)(NC(=O)CCl)C(F)(F)F. The van der Waals surface area contributed by atoms with Crippen molar-refractivity contribution in [1.82, 2.24) is 5.32 Å². The zero-order valence-electron chi connectivity index (χ0n) is 8.03. The van der Waals surface area contributed by atoms with E-state index in [0.717, 1.165) is 0 Å². The first-order valence-electron chi connectivity index (χ1n) is 3.98. The zero-order valence-corrected chi connectivity index (χ0v) is 9.54. The topological polar surface area (TPSA) is 55.4 Å². The van der Waals surface area contributed by atoms with Crippen LogP contribution in [0.1, 0.15) is 6.92 Å². The van der Waals surface area contributed by atoms with Crippen molar-refractivity contribution in [2.75, 3.05) is 12.5 Å². The lowest BCUT2D eigenvalue weighted by Crippen LogP contribution is -2.60. The molecule has 0 aliphatic carbocycles. The Balaban J connectivity index is 5.04. The van der Waals surface area contributed by atoms with Crippen LogP contribution in [-0.4, -0.2) is 35.5 Å². The minimum absolute atomic E-state index is 0.305. The van der Waals surface area contributed by atoms with Crippen LogP contribution in [-0.2, 0) is 14.3 Å². The summed E-state index contributed by atoms with van der Waals surface area (Å²) < 4.78 is 41.6. The number of hydrogen-bond acceptors (Lipinski definition) is 3. The Bertz CT molecular complexity index is 285. The highest BCUT2D eigenvalue weighted by molar-refractivity contribution is 6.36. The van der Waals surface area contributed by atoms with Gasteiger partial charge in [-0.25, -0.2) is 4.79 Å². The largest absolute Gasteiger partial charge is 0.463 e. The number of rotatable bonds is 4. The molecule has 0 aromatic heterocycles.